The highest BCUT2D eigenvalue weighted by Crippen LogP contribution is 2.15. The van der Waals surface area contributed by atoms with Gasteiger partial charge in [0, 0.05) is 18.7 Å². The summed E-state index contributed by atoms with van der Waals surface area (Å²) in [4.78, 5) is 36.6. The first kappa shape index (κ1) is 31.1. The molecule has 2 fully saturated rings. The molecule has 1 saturated carbocycles. The Morgan fingerprint density at radius 2 is 1.39 bits per heavy atom. The molecule has 0 unspecified atom stereocenters. The van der Waals surface area contributed by atoms with Crippen LogP contribution >= 0.6 is 0 Å². The number of rotatable bonds is 8. The fraction of sp³-hybridized carbons (Fsp3) is 0.808. The predicted octanol–water partition coefficient (Wildman–Crippen LogP) is 4.47. The van der Waals surface area contributed by atoms with Gasteiger partial charge in [-0.25, -0.2) is 4.79 Å². The largest absolute Gasteiger partial charge is 0.478 e. The molecular weight excluding hydrogens is 418 g/mol. The molecule has 0 aromatic carbocycles. The average Bonchev–Trinajstić information content (AvgIpc) is 2.82. The van der Waals surface area contributed by atoms with Gasteiger partial charge in [-0.1, -0.05) is 64.9 Å². The van der Waals surface area contributed by atoms with E-state index in [9.17, 15) is 14.4 Å². The van der Waals surface area contributed by atoms with Crippen LogP contribution in [0, 0.1) is 5.92 Å². The van der Waals surface area contributed by atoms with E-state index in [4.69, 9.17) is 5.11 Å². The Bertz CT molecular complexity index is 569. The molecular formula is C26H49N3O4. The van der Waals surface area contributed by atoms with Gasteiger partial charge in [-0.3, -0.25) is 9.59 Å². The van der Waals surface area contributed by atoms with Crippen LogP contribution in [0.25, 0.3) is 0 Å². The molecule has 192 valence electrons. The first-order chi connectivity index (χ1) is 15.6. The van der Waals surface area contributed by atoms with Crippen molar-refractivity contribution in [1.82, 2.24) is 15.1 Å². The Balaban J connectivity index is 0.000000554. The molecule has 1 heterocycles. The number of likely N-dealkylation sites (N-methyl/N-ethyl adjacent to an activating group) is 1. The summed E-state index contributed by atoms with van der Waals surface area (Å²) in [6.07, 6.45) is 15.3. The average molecular weight is 468 g/mol. The van der Waals surface area contributed by atoms with Crippen LogP contribution in [0.3, 0.4) is 0 Å². The van der Waals surface area contributed by atoms with Gasteiger partial charge in [0.2, 0.25) is 12.3 Å². The van der Waals surface area contributed by atoms with Gasteiger partial charge >= 0.3 is 5.97 Å². The molecule has 0 spiro atoms. The molecule has 2 N–H and O–H groups in total. The third-order valence-electron chi connectivity index (χ3n) is 6.24. The molecule has 1 aliphatic carbocycles. The quantitative estimate of drug-likeness (QED) is 0.406. The second kappa shape index (κ2) is 18.5. The lowest BCUT2D eigenvalue weighted by Crippen LogP contribution is -2.43. The van der Waals surface area contributed by atoms with Crippen LogP contribution in [0.5, 0.6) is 0 Å². The van der Waals surface area contributed by atoms with Gasteiger partial charge in [0.15, 0.2) is 0 Å². The number of likely N-dealkylation sites (tertiary alicyclic amines) is 1. The van der Waals surface area contributed by atoms with Crippen molar-refractivity contribution < 1.29 is 19.5 Å². The van der Waals surface area contributed by atoms with Crippen molar-refractivity contribution in [3.05, 3.63) is 11.6 Å². The topological polar surface area (TPSA) is 90.0 Å². The number of amides is 2. The Morgan fingerprint density at radius 3 is 1.73 bits per heavy atom. The van der Waals surface area contributed by atoms with E-state index in [0.717, 1.165) is 6.04 Å². The number of carboxylic acid groups (broad SMARTS) is 1. The van der Waals surface area contributed by atoms with Crippen molar-refractivity contribution in [3.63, 3.8) is 0 Å². The summed E-state index contributed by atoms with van der Waals surface area (Å²) in [5, 5.41) is 11.1. The minimum atomic E-state index is -1.01. The van der Waals surface area contributed by atoms with Crippen molar-refractivity contribution in [2.75, 3.05) is 26.7 Å². The van der Waals surface area contributed by atoms with Crippen molar-refractivity contribution in [2.24, 2.45) is 5.92 Å². The van der Waals surface area contributed by atoms with Crippen LogP contribution in [0.15, 0.2) is 11.6 Å². The summed E-state index contributed by atoms with van der Waals surface area (Å²) in [7, 11) is 1.59. The van der Waals surface area contributed by atoms with Gasteiger partial charge in [-0.2, -0.15) is 0 Å². The summed E-state index contributed by atoms with van der Waals surface area (Å²) >= 11 is 0. The first-order valence-electron chi connectivity index (χ1n) is 12.7. The second-order valence-electron chi connectivity index (χ2n) is 9.70. The van der Waals surface area contributed by atoms with Gasteiger partial charge in [-0.05, 0) is 52.6 Å². The third-order valence-corrected chi connectivity index (χ3v) is 6.24. The van der Waals surface area contributed by atoms with Gasteiger partial charge in [0.05, 0.1) is 12.6 Å². The van der Waals surface area contributed by atoms with Crippen molar-refractivity contribution in [1.29, 1.82) is 0 Å². The fourth-order valence-corrected chi connectivity index (χ4v) is 3.99. The van der Waals surface area contributed by atoms with Gasteiger partial charge in [0.1, 0.15) is 0 Å². The summed E-state index contributed by atoms with van der Waals surface area (Å²) in [6, 6.07) is 0.451. The molecule has 0 aromatic rings. The van der Waals surface area contributed by atoms with Crippen LogP contribution in [-0.4, -0.2) is 72.0 Å². The predicted molar refractivity (Wildman–Crippen MR) is 135 cm³/mol. The van der Waals surface area contributed by atoms with Crippen LogP contribution in [0.1, 0.15) is 92.4 Å². The number of carboxylic acids is 1. The summed E-state index contributed by atoms with van der Waals surface area (Å²) in [5.74, 6) is -1.20. The fourth-order valence-electron chi connectivity index (χ4n) is 3.99. The monoisotopic (exact) mass is 467 g/mol. The van der Waals surface area contributed by atoms with Gasteiger partial charge in [0.25, 0.3) is 0 Å². The molecule has 2 rings (SSSR count). The SMILES string of the molecule is C/C(=C\[C@H](C(C)C)N(C)C(=O)CNC=O)C(=O)O.C1CCCCC1.CC(C)N1CCCCC1. The zero-order valence-corrected chi connectivity index (χ0v) is 21.9. The zero-order valence-electron chi connectivity index (χ0n) is 21.9. The van der Waals surface area contributed by atoms with E-state index in [1.54, 1.807) is 13.1 Å². The lowest BCUT2D eigenvalue weighted by molar-refractivity contribution is -0.133. The van der Waals surface area contributed by atoms with Crippen molar-refractivity contribution in [2.45, 2.75) is 104 Å². The van der Waals surface area contributed by atoms with Crippen molar-refractivity contribution in [3.8, 4) is 0 Å². The Morgan fingerprint density at radius 1 is 0.939 bits per heavy atom. The van der Waals surface area contributed by atoms with E-state index >= 15 is 0 Å². The number of piperidine rings is 1. The van der Waals surface area contributed by atoms with Gasteiger partial charge < -0.3 is 20.2 Å². The minimum Gasteiger partial charge on any atom is -0.478 e. The Labute approximate surface area is 202 Å². The Kier molecular flexibility index (Phi) is 17.5. The highest BCUT2D eigenvalue weighted by molar-refractivity contribution is 5.86. The maximum atomic E-state index is 11.7. The van der Waals surface area contributed by atoms with Crippen LogP contribution in [-0.2, 0) is 14.4 Å². The molecule has 2 amide bonds. The van der Waals surface area contributed by atoms with Gasteiger partial charge in [-0.15, -0.1) is 0 Å². The molecule has 0 bridgehead atoms. The second-order valence-corrected chi connectivity index (χ2v) is 9.70. The number of aliphatic carboxylic acids is 1. The highest BCUT2D eigenvalue weighted by atomic mass is 16.4. The molecule has 0 aromatic heterocycles. The minimum absolute atomic E-state index is 0.0736. The van der Waals surface area contributed by atoms with E-state index in [0.29, 0.717) is 6.41 Å². The molecule has 2 aliphatic rings. The van der Waals surface area contributed by atoms with E-state index in [1.807, 2.05) is 13.8 Å². The number of hydrogen-bond donors (Lipinski definition) is 2. The standard InChI is InChI=1S/C12H20N2O4.C8H17N.C6H12/c1-8(2)10(5-9(3)12(17)18)14(4)11(16)6-13-7-15;1-8(2)9-6-4-3-5-7-9;1-2-4-6-5-3-1/h5,7-8,10H,6H2,1-4H3,(H,13,15)(H,17,18);8H,3-7H2,1-2H3;1-6H2/b9-5+;;/t10-;;/m1../s1. The van der Waals surface area contributed by atoms with E-state index in [1.165, 1.54) is 82.7 Å². The lowest BCUT2D eigenvalue weighted by atomic mass is 10.00. The lowest BCUT2D eigenvalue weighted by Gasteiger charge is -2.29. The van der Waals surface area contributed by atoms with Crippen LogP contribution in [0.4, 0.5) is 0 Å². The highest BCUT2D eigenvalue weighted by Gasteiger charge is 2.21. The molecule has 1 aliphatic heterocycles. The maximum absolute atomic E-state index is 11.7. The number of carbonyl (C=O) groups excluding carboxylic acids is 2. The molecule has 0 radical (unpaired) electrons. The molecule has 33 heavy (non-hydrogen) atoms. The number of nitrogens with zero attached hydrogens (tertiary/aromatic N) is 2. The number of hydrogen-bond acceptors (Lipinski definition) is 4. The molecule has 1 atom stereocenters. The van der Waals surface area contributed by atoms with E-state index in [2.05, 4.69) is 24.1 Å². The molecule has 7 heteroatoms. The van der Waals surface area contributed by atoms with Crippen LogP contribution in [0.2, 0.25) is 0 Å². The smallest absolute Gasteiger partial charge is 0.331 e. The van der Waals surface area contributed by atoms with E-state index < -0.39 is 5.97 Å². The number of carbonyl (C=O) groups is 3. The third kappa shape index (κ3) is 14.8. The molecule has 7 nitrogen and oxygen atoms in total. The summed E-state index contributed by atoms with van der Waals surface area (Å²) in [5.41, 5.74) is 0.191. The summed E-state index contributed by atoms with van der Waals surface area (Å²) < 4.78 is 0. The van der Waals surface area contributed by atoms with Crippen molar-refractivity contribution >= 4 is 18.3 Å². The zero-order chi connectivity index (χ0) is 25.2. The van der Waals surface area contributed by atoms with Crippen LogP contribution < -0.4 is 5.32 Å². The van der Waals surface area contributed by atoms with E-state index in [-0.39, 0.29) is 30.0 Å². The molecule has 1 saturated heterocycles. The first-order valence-corrected chi connectivity index (χ1v) is 12.7. The normalized spacial score (nSPS) is 17.8. The summed E-state index contributed by atoms with van der Waals surface area (Å²) in [6.45, 7) is 12.4. The number of nitrogens with one attached hydrogen (secondary N) is 1. The maximum Gasteiger partial charge on any atom is 0.331 e. The Hall–Kier alpha value is -1.89.